The van der Waals surface area contributed by atoms with E-state index in [-0.39, 0.29) is 29.5 Å². The van der Waals surface area contributed by atoms with Gasteiger partial charge in [-0.25, -0.2) is 4.79 Å². The van der Waals surface area contributed by atoms with Crippen molar-refractivity contribution >= 4 is 22.0 Å². The van der Waals surface area contributed by atoms with Gasteiger partial charge in [-0.3, -0.25) is 0 Å². The number of carbonyl (C=O) groups is 1. The van der Waals surface area contributed by atoms with Gasteiger partial charge >= 0.3 is 6.09 Å². The molecule has 25 heavy (non-hydrogen) atoms. The van der Waals surface area contributed by atoms with Crippen LogP contribution in [0.25, 0.3) is 0 Å². The third kappa shape index (κ3) is 3.78. The SMILES string of the molecule is CC(C)(C)OC(=O)N1CCC[C@H]1COC1=NS(=O)(=O)c2ccccc21. The third-order valence-electron chi connectivity index (χ3n) is 4.02. The predicted octanol–water partition coefficient (Wildman–Crippen LogP) is 2.55. The number of ether oxygens (including phenoxy) is 2. The fourth-order valence-corrected chi connectivity index (χ4v) is 4.08. The largest absolute Gasteiger partial charge is 0.475 e. The first-order valence-electron chi connectivity index (χ1n) is 8.24. The lowest BCUT2D eigenvalue weighted by atomic mass is 10.2. The van der Waals surface area contributed by atoms with E-state index in [0.29, 0.717) is 12.1 Å². The molecule has 0 radical (unpaired) electrons. The van der Waals surface area contributed by atoms with Gasteiger partial charge in [0.15, 0.2) is 0 Å². The Bertz CT molecular complexity index is 811. The Morgan fingerprint density at radius 3 is 2.76 bits per heavy atom. The van der Waals surface area contributed by atoms with E-state index in [4.69, 9.17) is 9.47 Å². The second-order valence-corrected chi connectivity index (χ2v) is 8.72. The third-order valence-corrected chi connectivity index (χ3v) is 5.33. The van der Waals surface area contributed by atoms with E-state index in [1.165, 1.54) is 6.07 Å². The van der Waals surface area contributed by atoms with Gasteiger partial charge in [-0.2, -0.15) is 8.42 Å². The Labute approximate surface area is 147 Å². The summed E-state index contributed by atoms with van der Waals surface area (Å²) in [7, 11) is -3.70. The molecule has 0 bridgehead atoms. The van der Waals surface area contributed by atoms with E-state index < -0.39 is 15.6 Å². The summed E-state index contributed by atoms with van der Waals surface area (Å²) in [5.74, 6) is 0.0895. The van der Waals surface area contributed by atoms with E-state index in [0.717, 1.165) is 12.8 Å². The number of rotatable bonds is 2. The van der Waals surface area contributed by atoms with Crippen molar-refractivity contribution in [2.45, 2.75) is 50.2 Å². The van der Waals surface area contributed by atoms with Gasteiger partial charge < -0.3 is 14.4 Å². The maximum atomic E-state index is 12.3. The zero-order valence-electron chi connectivity index (χ0n) is 14.6. The second-order valence-electron chi connectivity index (χ2n) is 7.15. The number of nitrogens with zero attached hydrogens (tertiary/aromatic N) is 2. The lowest BCUT2D eigenvalue weighted by molar-refractivity contribution is 0.0183. The Morgan fingerprint density at radius 2 is 2.04 bits per heavy atom. The zero-order valence-corrected chi connectivity index (χ0v) is 15.4. The summed E-state index contributed by atoms with van der Waals surface area (Å²) in [6.45, 7) is 6.25. The molecule has 7 nitrogen and oxygen atoms in total. The van der Waals surface area contributed by atoms with Gasteiger partial charge in [-0.05, 0) is 45.7 Å². The topological polar surface area (TPSA) is 85.3 Å². The first kappa shape index (κ1) is 17.7. The Balaban J connectivity index is 1.69. The van der Waals surface area contributed by atoms with Crippen molar-refractivity contribution in [2.24, 2.45) is 4.40 Å². The van der Waals surface area contributed by atoms with E-state index in [1.807, 2.05) is 20.8 Å². The molecule has 1 atom stereocenters. The van der Waals surface area contributed by atoms with E-state index in [2.05, 4.69) is 4.40 Å². The van der Waals surface area contributed by atoms with Gasteiger partial charge in [0.25, 0.3) is 10.0 Å². The van der Waals surface area contributed by atoms with Crippen LogP contribution in [0, 0.1) is 0 Å². The highest BCUT2D eigenvalue weighted by Gasteiger charge is 2.35. The molecule has 1 amide bonds. The standard InChI is InChI=1S/C17H22N2O5S/c1-17(2,3)24-16(20)19-10-6-7-12(19)11-23-15-13-8-4-5-9-14(13)25(21,22)18-15/h4-5,8-9,12H,6-7,10-11H2,1-3H3/t12-/m0/s1. The molecule has 0 aromatic heterocycles. The van der Waals surface area contributed by atoms with Crippen molar-refractivity contribution in [1.29, 1.82) is 0 Å². The molecule has 136 valence electrons. The highest BCUT2D eigenvalue weighted by Crippen LogP contribution is 2.27. The van der Waals surface area contributed by atoms with Crippen LogP contribution < -0.4 is 0 Å². The summed E-state index contributed by atoms with van der Waals surface area (Å²) in [5.41, 5.74) is -0.0995. The number of hydrogen-bond donors (Lipinski definition) is 0. The quantitative estimate of drug-likeness (QED) is 0.803. The van der Waals surface area contributed by atoms with Gasteiger partial charge in [-0.1, -0.05) is 12.1 Å². The maximum Gasteiger partial charge on any atom is 0.410 e. The number of carbonyl (C=O) groups excluding carboxylic acids is 1. The summed E-state index contributed by atoms with van der Waals surface area (Å²) in [6, 6.07) is 6.40. The molecular weight excluding hydrogens is 344 g/mol. The number of likely N-dealkylation sites (tertiary alicyclic amines) is 1. The van der Waals surface area contributed by atoms with Crippen molar-refractivity contribution in [3.05, 3.63) is 29.8 Å². The molecule has 0 spiro atoms. The molecule has 2 heterocycles. The molecule has 0 unspecified atom stereocenters. The molecule has 0 saturated carbocycles. The number of sulfonamides is 1. The van der Waals surface area contributed by atoms with Crippen molar-refractivity contribution in [3.63, 3.8) is 0 Å². The van der Waals surface area contributed by atoms with Crippen LogP contribution in [-0.2, 0) is 19.5 Å². The average Bonchev–Trinajstić information content (AvgIpc) is 3.07. The molecule has 1 aromatic rings. The average molecular weight is 366 g/mol. The fourth-order valence-electron chi connectivity index (χ4n) is 2.92. The minimum absolute atomic E-state index is 0.0895. The normalized spacial score (nSPS) is 21.6. The Hall–Kier alpha value is -2.09. The van der Waals surface area contributed by atoms with Crippen LogP contribution in [0.5, 0.6) is 0 Å². The number of hydrogen-bond acceptors (Lipinski definition) is 5. The molecule has 8 heteroatoms. The van der Waals surface area contributed by atoms with Crippen LogP contribution in [0.3, 0.4) is 0 Å². The molecular formula is C17H22N2O5S. The first-order valence-corrected chi connectivity index (χ1v) is 9.68. The molecule has 2 aliphatic rings. The summed E-state index contributed by atoms with van der Waals surface area (Å²) in [4.78, 5) is 14.1. The van der Waals surface area contributed by atoms with Gasteiger partial charge in [-0.15, -0.1) is 4.40 Å². The molecule has 1 aromatic carbocycles. The lowest BCUT2D eigenvalue weighted by Crippen LogP contribution is -2.42. The Morgan fingerprint density at radius 1 is 1.32 bits per heavy atom. The van der Waals surface area contributed by atoms with E-state index in [9.17, 15) is 13.2 Å². The molecule has 1 saturated heterocycles. The van der Waals surface area contributed by atoms with Crippen LogP contribution in [0.2, 0.25) is 0 Å². The Kier molecular flexibility index (Phi) is 4.49. The van der Waals surface area contributed by atoms with E-state index >= 15 is 0 Å². The lowest BCUT2D eigenvalue weighted by Gasteiger charge is -2.28. The summed E-state index contributed by atoms with van der Waals surface area (Å²) < 4.78 is 38.9. The van der Waals surface area contributed by atoms with Crippen LogP contribution in [0.1, 0.15) is 39.2 Å². The summed E-state index contributed by atoms with van der Waals surface area (Å²) >= 11 is 0. The van der Waals surface area contributed by atoms with Crippen LogP contribution in [0.4, 0.5) is 4.79 Å². The monoisotopic (exact) mass is 366 g/mol. The zero-order chi connectivity index (χ0) is 18.2. The minimum Gasteiger partial charge on any atom is -0.475 e. The molecule has 3 rings (SSSR count). The van der Waals surface area contributed by atoms with Gasteiger partial charge in [0.05, 0.1) is 11.6 Å². The molecule has 0 N–H and O–H groups in total. The summed E-state index contributed by atoms with van der Waals surface area (Å²) in [5, 5.41) is 0. The van der Waals surface area contributed by atoms with Crippen LogP contribution in [0.15, 0.2) is 33.6 Å². The van der Waals surface area contributed by atoms with Crippen LogP contribution >= 0.6 is 0 Å². The van der Waals surface area contributed by atoms with E-state index in [1.54, 1.807) is 23.1 Å². The summed E-state index contributed by atoms with van der Waals surface area (Å²) in [6.07, 6.45) is 1.26. The second kappa shape index (κ2) is 6.33. The van der Waals surface area contributed by atoms with Crippen molar-refractivity contribution < 1.29 is 22.7 Å². The van der Waals surface area contributed by atoms with Crippen molar-refractivity contribution in [3.8, 4) is 0 Å². The van der Waals surface area contributed by atoms with Gasteiger partial charge in [0.2, 0.25) is 5.90 Å². The molecule has 1 fully saturated rings. The minimum atomic E-state index is -3.70. The highest BCUT2D eigenvalue weighted by atomic mass is 32.2. The predicted molar refractivity (Wildman–Crippen MR) is 92.1 cm³/mol. The number of amides is 1. The maximum absolute atomic E-state index is 12.3. The van der Waals surface area contributed by atoms with Crippen molar-refractivity contribution in [1.82, 2.24) is 4.90 Å². The first-order chi connectivity index (χ1) is 11.7. The highest BCUT2D eigenvalue weighted by molar-refractivity contribution is 7.90. The van der Waals surface area contributed by atoms with Gasteiger partial charge in [0, 0.05) is 6.54 Å². The van der Waals surface area contributed by atoms with Crippen molar-refractivity contribution in [2.75, 3.05) is 13.2 Å². The fraction of sp³-hybridized carbons (Fsp3) is 0.529. The smallest absolute Gasteiger partial charge is 0.410 e. The van der Waals surface area contributed by atoms with Gasteiger partial charge in [0.1, 0.15) is 17.1 Å². The number of fused-ring (bicyclic) bond motifs is 1. The molecule has 2 aliphatic heterocycles. The molecule has 0 aliphatic carbocycles. The number of benzene rings is 1. The van der Waals surface area contributed by atoms with Crippen LogP contribution in [-0.4, -0.2) is 50.1 Å².